The monoisotopic (exact) mass is 234 g/mol. The number of carboxylic acid groups (broad SMARTS) is 1. The summed E-state index contributed by atoms with van der Waals surface area (Å²) in [6, 6.07) is 6.55. The molecule has 0 fully saturated rings. The third kappa shape index (κ3) is 2.20. The molecule has 0 aliphatic rings. The summed E-state index contributed by atoms with van der Waals surface area (Å²) < 4.78 is 0. The van der Waals surface area contributed by atoms with Gasteiger partial charge < -0.3 is 15.2 Å². The van der Waals surface area contributed by atoms with Gasteiger partial charge in [0, 0.05) is 6.42 Å². The van der Waals surface area contributed by atoms with Crippen LogP contribution in [0.15, 0.2) is 29.1 Å². The van der Waals surface area contributed by atoms with Crippen molar-refractivity contribution in [2.45, 2.75) is 6.42 Å². The molecule has 0 unspecified atom stereocenters. The van der Waals surface area contributed by atoms with Gasteiger partial charge in [-0.25, -0.2) is 9.59 Å². The van der Waals surface area contributed by atoms with E-state index < -0.39 is 11.7 Å². The van der Waals surface area contributed by atoms with Crippen LogP contribution in [0.4, 0.5) is 0 Å². The van der Waals surface area contributed by atoms with Gasteiger partial charge in [-0.05, 0) is 11.6 Å². The summed E-state index contributed by atoms with van der Waals surface area (Å²) in [5, 5.41) is 18.4. The Kier molecular flexibility index (Phi) is 2.70. The molecule has 88 valence electrons. The number of aromatic nitrogens is 2. The summed E-state index contributed by atoms with van der Waals surface area (Å²) in [6.07, 6.45) is 0.146. The maximum Gasteiger partial charge on any atom is 0.354 e. The van der Waals surface area contributed by atoms with Crippen molar-refractivity contribution in [1.82, 2.24) is 9.97 Å². The molecule has 0 spiro atoms. The molecular formula is C11H10N2O4. The summed E-state index contributed by atoms with van der Waals surface area (Å²) in [4.78, 5) is 26.5. The first-order valence-corrected chi connectivity index (χ1v) is 4.89. The minimum atomic E-state index is -1.21. The molecule has 0 saturated carbocycles. The van der Waals surface area contributed by atoms with Gasteiger partial charge in [-0.1, -0.05) is 18.2 Å². The number of phenols is 1. The van der Waals surface area contributed by atoms with Gasteiger partial charge in [-0.2, -0.15) is 0 Å². The Bertz CT molecular complexity index is 612. The molecule has 17 heavy (non-hydrogen) atoms. The van der Waals surface area contributed by atoms with Gasteiger partial charge in [0.05, 0.1) is 5.69 Å². The number of carboxylic acids is 1. The van der Waals surface area contributed by atoms with Crippen molar-refractivity contribution in [3.8, 4) is 5.75 Å². The quantitative estimate of drug-likeness (QED) is 0.627. The van der Waals surface area contributed by atoms with Crippen molar-refractivity contribution in [2.24, 2.45) is 0 Å². The molecule has 2 aromatic rings. The van der Waals surface area contributed by atoms with Crippen molar-refractivity contribution >= 4 is 5.97 Å². The lowest BCUT2D eigenvalue weighted by atomic mass is 10.1. The average Bonchev–Trinajstić information content (AvgIpc) is 2.63. The average molecular weight is 234 g/mol. The van der Waals surface area contributed by atoms with E-state index >= 15 is 0 Å². The summed E-state index contributed by atoms with van der Waals surface area (Å²) in [7, 11) is 0. The van der Waals surface area contributed by atoms with Crippen LogP contribution in [0.1, 0.15) is 21.7 Å². The molecule has 0 amide bonds. The van der Waals surface area contributed by atoms with Gasteiger partial charge >= 0.3 is 11.7 Å². The van der Waals surface area contributed by atoms with Gasteiger partial charge in [0.1, 0.15) is 11.4 Å². The first-order valence-electron chi connectivity index (χ1n) is 4.89. The molecule has 1 aromatic carbocycles. The number of aromatic amines is 2. The van der Waals surface area contributed by atoms with Gasteiger partial charge in [0.25, 0.3) is 0 Å². The van der Waals surface area contributed by atoms with Crippen LogP contribution in [0.2, 0.25) is 0 Å². The lowest BCUT2D eigenvalue weighted by Gasteiger charge is -2.02. The molecule has 0 aliphatic carbocycles. The van der Waals surface area contributed by atoms with E-state index in [-0.39, 0.29) is 23.6 Å². The number of H-pyrrole nitrogens is 2. The van der Waals surface area contributed by atoms with Crippen molar-refractivity contribution in [3.05, 3.63) is 51.7 Å². The fraction of sp³-hybridized carbons (Fsp3) is 0.0909. The highest BCUT2D eigenvalue weighted by atomic mass is 16.4. The summed E-state index contributed by atoms with van der Waals surface area (Å²) >= 11 is 0. The van der Waals surface area contributed by atoms with Crippen molar-refractivity contribution in [3.63, 3.8) is 0 Å². The van der Waals surface area contributed by atoms with Crippen LogP contribution in [0.3, 0.4) is 0 Å². The second-order valence-electron chi connectivity index (χ2n) is 3.54. The SMILES string of the molecule is O=C(O)c1[nH]c(=O)[nH]c1Cc1ccccc1O. The molecule has 0 atom stereocenters. The number of para-hydroxylation sites is 1. The normalized spacial score (nSPS) is 10.4. The van der Waals surface area contributed by atoms with E-state index in [9.17, 15) is 14.7 Å². The number of aromatic carboxylic acids is 1. The zero-order chi connectivity index (χ0) is 12.4. The largest absolute Gasteiger partial charge is 0.508 e. The number of hydrogen-bond acceptors (Lipinski definition) is 3. The topological polar surface area (TPSA) is 106 Å². The molecule has 6 heteroatoms. The fourth-order valence-corrected chi connectivity index (χ4v) is 1.59. The predicted octanol–water partition coefficient (Wildman–Crippen LogP) is 0.698. The van der Waals surface area contributed by atoms with E-state index in [1.165, 1.54) is 6.07 Å². The van der Waals surface area contributed by atoms with Gasteiger partial charge in [0.2, 0.25) is 0 Å². The Labute approximate surface area is 95.6 Å². The van der Waals surface area contributed by atoms with Crippen molar-refractivity contribution < 1.29 is 15.0 Å². The highest BCUT2D eigenvalue weighted by Crippen LogP contribution is 2.19. The first-order chi connectivity index (χ1) is 8.08. The number of carbonyl (C=O) groups is 1. The molecule has 0 bridgehead atoms. The van der Waals surface area contributed by atoms with E-state index in [4.69, 9.17) is 5.11 Å². The predicted molar refractivity (Wildman–Crippen MR) is 59.3 cm³/mol. The fourth-order valence-electron chi connectivity index (χ4n) is 1.59. The van der Waals surface area contributed by atoms with Crippen LogP contribution in [0.25, 0.3) is 0 Å². The molecule has 0 radical (unpaired) electrons. The molecule has 2 rings (SSSR count). The number of benzene rings is 1. The third-order valence-corrected chi connectivity index (χ3v) is 2.38. The Hall–Kier alpha value is -2.50. The molecule has 0 saturated heterocycles. The van der Waals surface area contributed by atoms with Gasteiger partial charge in [0.15, 0.2) is 0 Å². The number of hydrogen-bond donors (Lipinski definition) is 4. The van der Waals surface area contributed by atoms with Crippen LogP contribution in [-0.2, 0) is 6.42 Å². The van der Waals surface area contributed by atoms with Crippen LogP contribution in [0, 0.1) is 0 Å². The van der Waals surface area contributed by atoms with Crippen LogP contribution in [-0.4, -0.2) is 26.2 Å². The molecule has 1 heterocycles. The summed E-state index contributed by atoms with van der Waals surface area (Å²) in [6.45, 7) is 0. The van der Waals surface area contributed by atoms with Gasteiger partial charge in [-0.15, -0.1) is 0 Å². The van der Waals surface area contributed by atoms with Gasteiger partial charge in [-0.3, -0.25) is 4.98 Å². The molecular weight excluding hydrogens is 224 g/mol. The lowest BCUT2D eigenvalue weighted by molar-refractivity contribution is 0.0690. The highest BCUT2D eigenvalue weighted by Gasteiger charge is 2.15. The zero-order valence-electron chi connectivity index (χ0n) is 8.73. The Morgan fingerprint density at radius 2 is 1.94 bits per heavy atom. The number of nitrogens with one attached hydrogen (secondary N) is 2. The zero-order valence-corrected chi connectivity index (χ0v) is 8.73. The van der Waals surface area contributed by atoms with E-state index in [1.54, 1.807) is 18.2 Å². The second-order valence-corrected chi connectivity index (χ2v) is 3.54. The summed E-state index contributed by atoms with van der Waals surface area (Å²) in [5.74, 6) is -1.15. The number of rotatable bonds is 3. The number of aromatic hydroxyl groups is 1. The van der Waals surface area contributed by atoms with E-state index in [1.807, 2.05) is 0 Å². The smallest absolute Gasteiger partial charge is 0.354 e. The number of phenolic OH excluding ortho intramolecular Hbond substituents is 1. The Morgan fingerprint density at radius 1 is 1.24 bits per heavy atom. The molecule has 0 aliphatic heterocycles. The van der Waals surface area contributed by atoms with E-state index in [0.717, 1.165) is 0 Å². The van der Waals surface area contributed by atoms with Crippen LogP contribution >= 0.6 is 0 Å². The van der Waals surface area contributed by atoms with Crippen LogP contribution in [0.5, 0.6) is 5.75 Å². The highest BCUT2D eigenvalue weighted by molar-refractivity contribution is 5.86. The van der Waals surface area contributed by atoms with Crippen molar-refractivity contribution in [1.29, 1.82) is 0 Å². The molecule has 1 aromatic heterocycles. The van der Waals surface area contributed by atoms with E-state index in [2.05, 4.69) is 9.97 Å². The standard InChI is InChI=1S/C11H10N2O4/c14-8-4-2-1-3-6(8)5-7-9(10(15)16)13-11(17)12-7/h1-4,14H,5H2,(H,15,16)(H2,12,13,17). The maximum absolute atomic E-state index is 11.1. The number of imidazole rings is 1. The maximum atomic E-state index is 11.1. The minimum Gasteiger partial charge on any atom is -0.508 e. The minimum absolute atomic E-state index is 0.0610. The Morgan fingerprint density at radius 3 is 2.59 bits per heavy atom. The summed E-state index contributed by atoms with van der Waals surface area (Å²) in [5.41, 5.74) is 0.0281. The first kappa shape index (κ1) is 11.0. The molecule has 6 nitrogen and oxygen atoms in total. The Balaban J connectivity index is 2.40. The van der Waals surface area contributed by atoms with Crippen LogP contribution < -0.4 is 5.69 Å². The van der Waals surface area contributed by atoms with E-state index in [0.29, 0.717) is 5.56 Å². The second kappa shape index (κ2) is 4.17. The van der Waals surface area contributed by atoms with Crippen molar-refractivity contribution in [2.75, 3.05) is 0 Å². The molecule has 4 N–H and O–H groups in total. The third-order valence-electron chi connectivity index (χ3n) is 2.38. The lowest BCUT2D eigenvalue weighted by Crippen LogP contribution is -2.04.